The normalized spacial score (nSPS) is 12.2. The van der Waals surface area contributed by atoms with Gasteiger partial charge >= 0.3 is 0 Å². The molecule has 0 bridgehead atoms. The van der Waals surface area contributed by atoms with Crippen LogP contribution in [0.2, 0.25) is 0 Å². The summed E-state index contributed by atoms with van der Waals surface area (Å²) in [7, 11) is -1.58. The van der Waals surface area contributed by atoms with E-state index in [9.17, 15) is 12.8 Å². The molecule has 29 heavy (non-hydrogen) atoms. The smallest absolute Gasteiger partial charge is 0.191 e. The van der Waals surface area contributed by atoms with Gasteiger partial charge in [0.1, 0.15) is 5.82 Å². The van der Waals surface area contributed by atoms with Gasteiger partial charge in [0.05, 0.1) is 11.3 Å². The third kappa shape index (κ3) is 5.74. The maximum absolute atomic E-state index is 13.7. The molecule has 2 aromatic carbocycles. The summed E-state index contributed by atoms with van der Waals surface area (Å²) in [5.74, 6) is -0.0232. The first kappa shape index (κ1) is 20.7. The summed E-state index contributed by atoms with van der Waals surface area (Å²) < 4.78 is 37.0. The Bertz CT molecular complexity index is 1140. The Morgan fingerprint density at radius 1 is 1.03 bits per heavy atom. The predicted octanol–water partition coefficient (Wildman–Crippen LogP) is 2.78. The highest BCUT2D eigenvalue weighted by molar-refractivity contribution is 7.89. The van der Waals surface area contributed by atoms with Gasteiger partial charge in [-0.1, -0.05) is 24.3 Å². The number of fused-ring (bicyclic) bond motifs is 1. The molecule has 0 unspecified atom stereocenters. The highest BCUT2D eigenvalue weighted by Crippen LogP contribution is 2.16. The number of hydrogen-bond acceptors (Lipinski definition) is 4. The molecule has 1 aromatic heterocycles. The van der Waals surface area contributed by atoms with Crippen molar-refractivity contribution in [1.82, 2.24) is 15.6 Å². The van der Waals surface area contributed by atoms with Crippen LogP contribution in [-0.4, -0.2) is 32.7 Å². The van der Waals surface area contributed by atoms with Crippen LogP contribution >= 0.6 is 0 Å². The molecule has 0 aliphatic carbocycles. The largest absolute Gasteiger partial charge is 0.352 e. The molecule has 152 valence electrons. The molecule has 3 rings (SSSR count). The number of sulfone groups is 1. The van der Waals surface area contributed by atoms with Crippen molar-refractivity contribution in [3.05, 3.63) is 77.2 Å². The molecule has 0 fully saturated rings. The van der Waals surface area contributed by atoms with Crippen LogP contribution in [0.25, 0.3) is 10.9 Å². The number of aromatic nitrogens is 1. The van der Waals surface area contributed by atoms with Crippen LogP contribution in [0.1, 0.15) is 16.7 Å². The van der Waals surface area contributed by atoms with Crippen molar-refractivity contribution in [2.24, 2.45) is 4.99 Å². The van der Waals surface area contributed by atoms with Gasteiger partial charge in [-0.2, -0.15) is 0 Å². The van der Waals surface area contributed by atoms with E-state index in [2.05, 4.69) is 20.6 Å². The average Bonchev–Trinajstić information content (AvgIpc) is 2.69. The molecule has 0 aliphatic rings. The molecular weight excluding hydrogens is 391 g/mol. The minimum Gasteiger partial charge on any atom is -0.352 e. The van der Waals surface area contributed by atoms with Crippen LogP contribution < -0.4 is 10.6 Å². The highest BCUT2D eigenvalue weighted by atomic mass is 32.2. The molecule has 8 heteroatoms. The van der Waals surface area contributed by atoms with Gasteiger partial charge in [0.15, 0.2) is 15.8 Å². The zero-order valence-electron chi connectivity index (χ0n) is 16.3. The van der Waals surface area contributed by atoms with Crippen LogP contribution in [0.3, 0.4) is 0 Å². The standard InChI is InChI=1S/C21H23FN4O2S/c1-23-21(25-12-15-9-10-24-20-6-4-3-5-19(15)20)26-13-17-11-18(22)8-7-16(17)14-29(2,27)28/h3-11H,12-14H2,1-2H3,(H2,23,25,26). The van der Waals surface area contributed by atoms with Crippen molar-refractivity contribution in [3.63, 3.8) is 0 Å². The fourth-order valence-corrected chi connectivity index (χ4v) is 3.92. The van der Waals surface area contributed by atoms with E-state index in [0.717, 1.165) is 22.7 Å². The van der Waals surface area contributed by atoms with Gasteiger partial charge in [0.2, 0.25) is 0 Å². The number of hydrogen-bond donors (Lipinski definition) is 2. The Morgan fingerprint density at radius 3 is 2.48 bits per heavy atom. The quantitative estimate of drug-likeness (QED) is 0.479. The molecule has 2 N–H and O–H groups in total. The third-order valence-electron chi connectivity index (χ3n) is 4.44. The minimum atomic E-state index is -3.23. The molecule has 0 atom stereocenters. The van der Waals surface area contributed by atoms with E-state index >= 15 is 0 Å². The maximum Gasteiger partial charge on any atom is 0.191 e. The molecule has 0 amide bonds. The zero-order chi connectivity index (χ0) is 20.9. The summed E-state index contributed by atoms with van der Waals surface area (Å²) >= 11 is 0. The van der Waals surface area contributed by atoms with E-state index in [-0.39, 0.29) is 12.3 Å². The van der Waals surface area contributed by atoms with Gasteiger partial charge in [0.25, 0.3) is 0 Å². The Hall–Kier alpha value is -3.00. The van der Waals surface area contributed by atoms with Crippen molar-refractivity contribution in [2.45, 2.75) is 18.8 Å². The molecule has 6 nitrogen and oxygen atoms in total. The molecular formula is C21H23FN4O2S. The van der Waals surface area contributed by atoms with Gasteiger partial charge in [-0.25, -0.2) is 12.8 Å². The number of nitrogens with zero attached hydrogens (tertiary/aromatic N) is 2. The molecule has 0 spiro atoms. The van der Waals surface area contributed by atoms with Gasteiger partial charge < -0.3 is 10.6 Å². The Balaban J connectivity index is 1.69. The minimum absolute atomic E-state index is 0.140. The molecule has 1 heterocycles. The number of aliphatic imine (C=N–C) groups is 1. The second-order valence-corrected chi connectivity index (χ2v) is 8.89. The Kier molecular flexibility index (Phi) is 6.43. The summed E-state index contributed by atoms with van der Waals surface area (Å²) in [4.78, 5) is 8.55. The van der Waals surface area contributed by atoms with Crippen molar-refractivity contribution < 1.29 is 12.8 Å². The number of nitrogens with one attached hydrogen (secondary N) is 2. The van der Waals surface area contributed by atoms with E-state index in [1.807, 2.05) is 30.3 Å². The summed E-state index contributed by atoms with van der Waals surface area (Å²) in [5, 5.41) is 7.40. The van der Waals surface area contributed by atoms with E-state index in [4.69, 9.17) is 0 Å². The fourth-order valence-electron chi connectivity index (χ4n) is 3.07. The number of halogens is 1. The zero-order valence-corrected chi connectivity index (χ0v) is 17.1. The monoisotopic (exact) mass is 414 g/mol. The van der Waals surface area contributed by atoms with E-state index in [0.29, 0.717) is 23.6 Å². The lowest BCUT2D eigenvalue weighted by Crippen LogP contribution is -2.36. The van der Waals surface area contributed by atoms with E-state index < -0.39 is 15.7 Å². The number of rotatable bonds is 6. The molecule has 0 radical (unpaired) electrons. The van der Waals surface area contributed by atoms with Gasteiger partial charge in [-0.15, -0.1) is 0 Å². The highest BCUT2D eigenvalue weighted by Gasteiger charge is 2.11. The van der Waals surface area contributed by atoms with Crippen LogP contribution in [-0.2, 0) is 28.7 Å². The van der Waals surface area contributed by atoms with Crippen LogP contribution in [0.15, 0.2) is 59.7 Å². The first-order chi connectivity index (χ1) is 13.9. The number of para-hydroxylation sites is 1. The first-order valence-electron chi connectivity index (χ1n) is 9.08. The molecule has 3 aromatic rings. The van der Waals surface area contributed by atoms with E-state index in [1.54, 1.807) is 13.2 Å². The summed E-state index contributed by atoms with van der Waals surface area (Å²) in [6.07, 6.45) is 2.92. The summed E-state index contributed by atoms with van der Waals surface area (Å²) in [5.41, 5.74) is 3.13. The third-order valence-corrected chi connectivity index (χ3v) is 5.28. The van der Waals surface area contributed by atoms with Gasteiger partial charge in [-0.3, -0.25) is 9.98 Å². The van der Waals surface area contributed by atoms with Crippen LogP contribution in [0.5, 0.6) is 0 Å². The van der Waals surface area contributed by atoms with Crippen molar-refractivity contribution in [2.75, 3.05) is 13.3 Å². The number of benzene rings is 2. The Labute approximate surface area is 169 Å². The topological polar surface area (TPSA) is 83.5 Å². The van der Waals surface area contributed by atoms with Crippen LogP contribution in [0.4, 0.5) is 4.39 Å². The van der Waals surface area contributed by atoms with Crippen molar-refractivity contribution in [3.8, 4) is 0 Å². The van der Waals surface area contributed by atoms with Gasteiger partial charge in [-0.05, 0) is 41.0 Å². The van der Waals surface area contributed by atoms with Crippen molar-refractivity contribution >= 4 is 26.7 Å². The Morgan fingerprint density at radius 2 is 1.76 bits per heavy atom. The summed E-state index contributed by atoms with van der Waals surface area (Å²) in [6, 6.07) is 13.9. The fraction of sp³-hybridized carbons (Fsp3) is 0.238. The maximum atomic E-state index is 13.7. The van der Waals surface area contributed by atoms with Crippen molar-refractivity contribution in [1.29, 1.82) is 0 Å². The lowest BCUT2D eigenvalue weighted by molar-refractivity contribution is 0.599. The first-order valence-corrected chi connectivity index (χ1v) is 11.1. The second kappa shape index (κ2) is 9.00. The lowest BCUT2D eigenvalue weighted by atomic mass is 10.1. The number of guanidine groups is 1. The van der Waals surface area contributed by atoms with Crippen LogP contribution in [0, 0.1) is 5.82 Å². The van der Waals surface area contributed by atoms with Gasteiger partial charge in [0, 0.05) is 38.0 Å². The molecule has 0 saturated carbocycles. The molecule has 0 saturated heterocycles. The van der Waals surface area contributed by atoms with E-state index in [1.165, 1.54) is 18.2 Å². The lowest BCUT2D eigenvalue weighted by Gasteiger charge is -2.15. The molecule has 0 aliphatic heterocycles. The summed E-state index contributed by atoms with van der Waals surface area (Å²) in [6.45, 7) is 0.779. The predicted molar refractivity (Wildman–Crippen MR) is 114 cm³/mol. The second-order valence-electron chi connectivity index (χ2n) is 6.75. The SMILES string of the molecule is CN=C(NCc1cc(F)ccc1CS(C)(=O)=O)NCc1ccnc2ccccc12. The number of pyridine rings is 1. The average molecular weight is 415 g/mol.